The van der Waals surface area contributed by atoms with Gasteiger partial charge in [-0.25, -0.2) is 8.42 Å². The highest BCUT2D eigenvalue weighted by atomic mass is 32.2. The number of ether oxygens (including phenoxy) is 1. The average Bonchev–Trinajstić information content (AvgIpc) is 2.68. The molecule has 2 saturated heterocycles. The molecule has 148 valence electrons. The van der Waals surface area contributed by atoms with Crippen LogP contribution in [-0.2, 0) is 19.6 Å². The predicted molar refractivity (Wildman–Crippen MR) is 97.0 cm³/mol. The van der Waals surface area contributed by atoms with Gasteiger partial charge in [-0.15, -0.1) is 0 Å². The number of benzene rings is 1. The molecule has 1 aromatic carbocycles. The fraction of sp³-hybridized carbons (Fsp3) is 0.556. The first-order chi connectivity index (χ1) is 12.8. The Morgan fingerprint density at radius 3 is 2.56 bits per heavy atom. The van der Waals surface area contributed by atoms with Crippen LogP contribution < -0.4 is 0 Å². The summed E-state index contributed by atoms with van der Waals surface area (Å²) in [6.45, 7) is 3.58. The van der Waals surface area contributed by atoms with E-state index in [2.05, 4.69) is 0 Å². The van der Waals surface area contributed by atoms with E-state index in [1.54, 1.807) is 19.1 Å². The predicted octanol–water partition coefficient (Wildman–Crippen LogP) is 0.953. The minimum atomic E-state index is -3.72. The summed E-state index contributed by atoms with van der Waals surface area (Å²) in [6.07, 6.45) is 1.16. The summed E-state index contributed by atoms with van der Waals surface area (Å²) < 4.78 is 32.5. The number of rotatable bonds is 4. The number of carboxylic acid groups (broad SMARTS) is 1. The lowest BCUT2D eigenvalue weighted by Crippen LogP contribution is -2.42. The molecule has 8 nitrogen and oxygen atoms in total. The Bertz CT molecular complexity index is 832. The largest absolute Gasteiger partial charge is 0.481 e. The Morgan fingerprint density at radius 2 is 1.89 bits per heavy atom. The molecule has 2 heterocycles. The molecule has 1 unspecified atom stereocenters. The van der Waals surface area contributed by atoms with Crippen LogP contribution in [0.25, 0.3) is 0 Å². The highest BCUT2D eigenvalue weighted by Crippen LogP contribution is 2.24. The van der Waals surface area contributed by atoms with E-state index in [0.717, 1.165) is 0 Å². The third-order valence-electron chi connectivity index (χ3n) is 5.08. The van der Waals surface area contributed by atoms with Crippen LogP contribution in [0.1, 0.15) is 28.8 Å². The third kappa shape index (κ3) is 4.15. The molecule has 0 aromatic heterocycles. The number of piperidine rings is 1. The van der Waals surface area contributed by atoms with Crippen LogP contribution in [0.2, 0.25) is 0 Å². The maximum absolute atomic E-state index is 13.0. The first-order valence-electron chi connectivity index (χ1n) is 9.01. The van der Waals surface area contributed by atoms with Gasteiger partial charge in [0.1, 0.15) is 0 Å². The number of hydrogen-bond acceptors (Lipinski definition) is 5. The molecule has 0 bridgehead atoms. The molecule has 9 heteroatoms. The number of aliphatic carboxylic acids is 1. The molecule has 1 amide bonds. The fourth-order valence-corrected chi connectivity index (χ4v) is 5.14. The number of hydrogen-bond donors (Lipinski definition) is 1. The first kappa shape index (κ1) is 19.8. The number of nitrogens with zero attached hydrogens (tertiary/aromatic N) is 2. The Hall–Kier alpha value is -1.97. The van der Waals surface area contributed by atoms with Crippen molar-refractivity contribution < 1.29 is 27.9 Å². The highest BCUT2D eigenvalue weighted by Gasteiger charge is 2.31. The van der Waals surface area contributed by atoms with E-state index in [1.807, 2.05) is 0 Å². The summed E-state index contributed by atoms with van der Waals surface area (Å²) in [7, 11) is -3.72. The van der Waals surface area contributed by atoms with Crippen molar-refractivity contribution in [1.29, 1.82) is 0 Å². The SMILES string of the molecule is Cc1ccc(C(=O)N2CCCC(C(=O)O)C2)cc1S(=O)(=O)N1CCOCC1. The lowest BCUT2D eigenvalue weighted by Gasteiger charge is -2.31. The second-order valence-corrected chi connectivity index (χ2v) is 8.83. The summed E-state index contributed by atoms with van der Waals surface area (Å²) in [5.74, 6) is -1.82. The molecular formula is C18H24N2O6S. The number of likely N-dealkylation sites (tertiary alicyclic amines) is 1. The van der Waals surface area contributed by atoms with Crippen molar-refractivity contribution in [3.8, 4) is 0 Å². The zero-order valence-electron chi connectivity index (χ0n) is 15.3. The van der Waals surface area contributed by atoms with Gasteiger partial charge in [-0.2, -0.15) is 4.31 Å². The van der Waals surface area contributed by atoms with E-state index in [-0.39, 0.29) is 36.0 Å². The number of sulfonamides is 1. The summed E-state index contributed by atoms with van der Waals surface area (Å²) in [6, 6.07) is 4.63. The maximum atomic E-state index is 13.0. The van der Waals surface area contributed by atoms with Gasteiger partial charge < -0.3 is 14.7 Å². The van der Waals surface area contributed by atoms with Gasteiger partial charge in [0.15, 0.2) is 0 Å². The van der Waals surface area contributed by atoms with E-state index in [1.165, 1.54) is 15.3 Å². The number of carboxylic acids is 1. The lowest BCUT2D eigenvalue weighted by molar-refractivity contribution is -0.143. The first-order valence-corrected chi connectivity index (χ1v) is 10.5. The standard InChI is InChI=1S/C18H24N2O6S/c1-13-4-5-14(17(21)19-6-2-3-15(12-19)18(22)23)11-16(13)27(24,25)20-7-9-26-10-8-20/h4-5,11,15H,2-3,6-10,12H2,1H3,(H,22,23). The van der Waals surface area contributed by atoms with Gasteiger partial charge in [0.05, 0.1) is 24.0 Å². The number of amides is 1. The van der Waals surface area contributed by atoms with Crippen LogP contribution >= 0.6 is 0 Å². The lowest BCUT2D eigenvalue weighted by atomic mass is 9.97. The minimum absolute atomic E-state index is 0.113. The number of morpholine rings is 1. The Labute approximate surface area is 158 Å². The molecule has 2 aliphatic rings. The molecule has 0 aliphatic carbocycles. The molecule has 0 spiro atoms. The summed E-state index contributed by atoms with van der Waals surface area (Å²) in [5, 5.41) is 9.21. The third-order valence-corrected chi connectivity index (χ3v) is 7.12. The van der Waals surface area contributed by atoms with Crippen LogP contribution in [0.3, 0.4) is 0 Å². The maximum Gasteiger partial charge on any atom is 0.308 e. The smallest absolute Gasteiger partial charge is 0.308 e. The normalized spacial score (nSPS) is 21.8. The van der Waals surface area contributed by atoms with Gasteiger partial charge in [0.25, 0.3) is 5.91 Å². The van der Waals surface area contributed by atoms with E-state index in [9.17, 15) is 23.1 Å². The number of aryl methyl sites for hydroxylation is 1. The second-order valence-electron chi connectivity index (χ2n) is 6.93. The van der Waals surface area contributed by atoms with E-state index >= 15 is 0 Å². The van der Waals surface area contributed by atoms with Crippen LogP contribution in [0, 0.1) is 12.8 Å². The second kappa shape index (κ2) is 7.95. The monoisotopic (exact) mass is 396 g/mol. The quantitative estimate of drug-likeness (QED) is 0.813. The molecular weight excluding hydrogens is 372 g/mol. The van der Waals surface area contributed by atoms with Gasteiger partial charge in [0.2, 0.25) is 10.0 Å². The molecule has 27 heavy (non-hydrogen) atoms. The van der Waals surface area contributed by atoms with Crippen molar-refractivity contribution in [2.75, 3.05) is 39.4 Å². The van der Waals surface area contributed by atoms with Crippen LogP contribution in [-0.4, -0.2) is 74.0 Å². The van der Waals surface area contributed by atoms with Crippen LogP contribution in [0.5, 0.6) is 0 Å². The van der Waals surface area contributed by atoms with Crippen molar-refractivity contribution in [2.45, 2.75) is 24.7 Å². The Kier molecular flexibility index (Phi) is 5.83. The average molecular weight is 396 g/mol. The van der Waals surface area contributed by atoms with E-state index in [4.69, 9.17) is 4.74 Å². The minimum Gasteiger partial charge on any atom is -0.481 e. The Morgan fingerprint density at radius 1 is 1.19 bits per heavy atom. The topological polar surface area (TPSA) is 104 Å². The van der Waals surface area contributed by atoms with Crippen molar-refractivity contribution in [2.24, 2.45) is 5.92 Å². The van der Waals surface area contributed by atoms with E-state index in [0.29, 0.717) is 38.2 Å². The summed E-state index contributed by atoms with van der Waals surface area (Å²) in [4.78, 5) is 25.7. The Balaban J connectivity index is 1.86. The molecule has 1 N–H and O–H groups in total. The number of carbonyl (C=O) groups is 2. The van der Waals surface area contributed by atoms with Crippen molar-refractivity contribution in [3.63, 3.8) is 0 Å². The molecule has 2 aliphatic heterocycles. The zero-order valence-corrected chi connectivity index (χ0v) is 16.1. The van der Waals surface area contributed by atoms with Gasteiger partial charge >= 0.3 is 5.97 Å². The van der Waals surface area contributed by atoms with Crippen LogP contribution in [0.15, 0.2) is 23.1 Å². The van der Waals surface area contributed by atoms with Gasteiger partial charge in [-0.1, -0.05) is 6.07 Å². The molecule has 1 atom stereocenters. The molecule has 2 fully saturated rings. The van der Waals surface area contributed by atoms with Gasteiger partial charge in [0, 0.05) is 31.7 Å². The molecule has 0 radical (unpaired) electrons. The fourth-order valence-electron chi connectivity index (χ4n) is 3.48. The molecule has 3 rings (SSSR count). The van der Waals surface area contributed by atoms with Gasteiger partial charge in [-0.05, 0) is 37.5 Å². The molecule has 0 saturated carbocycles. The van der Waals surface area contributed by atoms with Crippen molar-refractivity contribution >= 4 is 21.9 Å². The molecule has 1 aromatic rings. The van der Waals surface area contributed by atoms with Crippen molar-refractivity contribution in [3.05, 3.63) is 29.3 Å². The summed E-state index contributed by atoms with van der Waals surface area (Å²) >= 11 is 0. The van der Waals surface area contributed by atoms with Gasteiger partial charge in [-0.3, -0.25) is 9.59 Å². The summed E-state index contributed by atoms with van der Waals surface area (Å²) in [5.41, 5.74) is 0.832. The number of carbonyl (C=O) groups excluding carboxylic acids is 1. The van der Waals surface area contributed by atoms with Crippen molar-refractivity contribution in [1.82, 2.24) is 9.21 Å². The van der Waals surface area contributed by atoms with E-state index < -0.39 is 21.9 Å². The highest BCUT2D eigenvalue weighted by molar-refractivity contribution is 7.89. The van der Waals surface area contributed by atoms with Crippen LogP contribution in [0.4, 0.5) is 0 Å². The zero-order chi connectivity index (χ0) is 19.6.